The number of hydrogen-bond acceptors (Lipinski definition) is 8. The van der Waals surface area contributed by atoms with E-state index in [-0.39, 0.29) is 12.2 Å². The molecule has 2 aliphatic heterocycles. The van der Waals surface area contributed by atoms with Gasteiger partial charge in [-0.3, -0.25) is 0 Å². The molecule has 0 amide bonds. The van der Waals surface area contributed by atoms with Gasteiger partial charge < -0.3 is 25.1 Å². The number of rotatable bonds is 5. The van der Waals surface area contributed by atoms with Crippen LogP contribution in [0.4, 0.5) is 5.82 Å². The van der Waals surface area contributed by atoms with Crippen molar-refractivity contribution in [3.63, 3.8) is 0 Å². The number of aryl methyl sites for hydroxylation is 1. The van der Waals surface area contributed by atoms with Crippen molar-refractivity contribution in [3.05, 3.63) is 22.9 Å². The minimum absolute atomic E-state index is 0.243. The molecule has 2 aromatic heterocycles. The quantitative estimate of drug-likeness (QED) is 0.535. The molecular formula is C21H25BrN6O2S. The van der Waals surface area contributed by atoms with Crippen LogP contribution in [0, 0.1) is 11.3 Å². The molecule has 0 spiro atoms. The van der Waals surface area contributed by atoms with Crippen molar-refractivity contribution < 1.29 is 9.47 Å². The average molecular weight is 505 g/mol. The van der Waals surface area contributed by atoms with Crippen molar-refractivity contribution in [3.8, 4) is 11.5 Å². The number of nitrogens with two attached hydrogens (primary N) is 1. The number of fused-ring (bicyclic) bond motifs is 2. The molecule has 1 aromatic carbocycles. The van der Waals surface area contributed by atoms with Crippen molar-refractivity contribution >= 4 is 44.7 Å². The Bertz CT molecular complexity index is 1130. The van der Waals surface area contributed by atoms with Crippen LogP contribution in [0.15, 0.2) is 33.0 Å². The fourth-order valence-corrected chi connectivity index (χ4v) is 5.84. The number of ether oxygens (including phenoxy) is 2. The van der Waals surface area contributed by atoms with E-state index >= 15 is 0 Å². The Morgan fingerprint density at radius 1 is 1.29 bits per heavy atom. The van der Waals surface area contributed by atoms with Gasteiger partial charge in [0.1, 0.15) is 6.33 Å². The van der Waals surface area contributed by atoms with Crippen molar-refractivity contribution in [1.82, 2.24) is 24.8 Å². The van der Waals surface area contributed by atoms with Crippen LogP contribution in [0.2, 0.25) is 0 Å². The van der Waals surface area contributed by atoms with Gasteiger partial charge in [-0.2, -0.15) is 0 Å². The van der Waals surface area contributed by atoms with Crippen LogP contribution in [0.1, 0.15) is 26.7 Å². The number of nitrogens with zero attached hydrogens (tertiary/aromatic N) is 4. The highest BCUT2D eigenvalue weighted by Gasteiger charge is 2.32. The third-order valence-electron chi connectivity index (χ3n) is 6.21. The molecule has 5 rings (SSSR count). The van der Waals surface area contributed by atoms with Crippen LogP contribution in [-0.2, 0) is 6.54 Å². The second kappa shape index (κ2) is 8.14. The number of anilines is 1. The summed E-state index contributed by atoms with van der Waals surface area (Å²) in [6.07, 6.45) is 3.74. The second-order valence-corrected chi connectivity index (χ2v) is 10.5. The molecular weight excluding hydrogens is 480 g/mol. The zero-order chi connectivity index (χ0) is 21.6. The summed E-state index contributed by atoms with van der Waals surface area (Å²) in [4.78, 5) is 14.5. The number of nitrogen functional groups attached to an aromatic ring is 1. The Balaban J connectivity index is 1.49. The molecule has 0 aliphatic carbocycles. The number of benzene rings is 1. The zero-order valence-corrected chi connectivity index (χ0v) is 19.9. The molecule has 164 valence electrons. The highest BCUT2D eigenvalue weighted by Crippen LogP contribution is 2.43. The van der Waals surface area contributed by atoms with E-state index in [0.29, 0.717) is 17.3 Å². The van der Waals surface area contributed by atoms with Crippen LogP contribution < -0.4 is 20.5 Å². The van der Waals surface area contributed by atoms with Crippen LogP contribution in [0.3, 0.4) is 0 Å². The first-order chi connectivity index (χ1) is 14.9. The molecule has 10 heteroatoms. The molecule has 8 nitrogen and oxygen atoms in total. The smallest absolute Gasteiger partial charge is 0.231 e. The first-order valence-corrected chi connectivity index (χ1v) is 12.0. The number of piperidine rings is 1. The zero-order valence-electron chi connectivity index (χ0n) is 17.5. The summed E-state index contributed by atoms with van der Waals surface area (Å²) in [6.45, 7) is 7.87. The maximum Gasteiger partial charge on any atom is 0.231 e. The van der Waals surface area contributed by atoms with E-state index in [9.17, 15) is 0 Å². The molecule has 4 heterocycles. The SMILES string of the molecule is CC1(C)CNCCC1CCn1c(Sc2cc3c(cc2Br)OCO3)nc2c(N)ncnc21. The minimum atomic E-state index is 0.243. The number of nitrogens with one attached hydrogen (secondary N) is 1. The van der Waals surface area contributed by atoms with Crippen LogP contribution in [-0.4, -0.2) is 39.4 Å². The van der Waals surface area contributed by atoms with Crippen molar-refractivity contribution in [2.75, 3.05) is 25.6 Å². The lowest BCUT2D eigenvalue weighted by molar-refractivity contribution is 0.140. The molecule has 1 saturated heterocycles. The van der Waals surface area contributed by atoms with E-state index < -0.39 is 0 Å². The average Bonchev–Trinajstić information content (AvgIpc) is 3.32. The Labute approximate surface area is 193 Å². The fourth-order valence-electron chi connectivity index (χ4n) is 4.33. The van der Waals surface area contributed by atoms with Gasteiger partial charge in [0, 0.05) is 22.5 Å². The molecule has 1 atom stereocenters. The van der Waals surface area contributed by atoms with Crippen molar-refractivity contribution in [2.45, 2.75) is 43.3 Å². The van der Waals surface area contributed by atoms with E-state index in [2.05, 4.69) is 49.6 Å². The molecule has 2 aliphatic rings. The summed E-state index contributed by atoms with van der Waals surface area (Å²) in [7, 11) is 0. The van der Waals surface area contributed by atoms with E-state index in [1.807, 2.05) is 12.1 Å². The minimum Gasteiger partial charge on any atom is -0.454 e. The van der Waals surface area contributed by atoms with Gasteiger partial charge in [0.15, 0.2) is 33.6 Å². The molecule has 0 radical (unpaired) electrons. The van der Waals surface area contributed by atoms with Gasteiger partial charge >= 0.3 is 0 Å². The third-order valence-corrected chi connectivity index (χ3v) is 8.18. The van der Waals surface area contributed by atoms with Crippen molar-refractivity contribution in [2.24, 2.45) is 11.3 Å². The largest absolute Gasteiger partial charge is 0.454 e. The predicted molar refractivity (Wildman–Crippen MR) is 123 cm³/mol. The van der Waals surface area contributed by atoms with Crippen molar-refractivity contribution in [1.29, 1.82) is 0 Å². The van der Waals surface area contributed by atoms with Crippen LogP contribution in [0.25, 0.3) is 11.2 Å². The molecule has 1 fully saturated rings. The topological polar surface area (TPSA) is 100 Å². The lowest BCUT2D eigenvalue weighted by Gasteiger charge is -2.39. The Kier molecular flexibility index (Phi) is 5.47. The predicted octanol–water partition coefficient (Wildman–Crippen LogP) is 4.08. The van der Waals surface area contributed by atoms with Gasteiger partial charge in [-0.15, -0.1) is 0 Å². The Morgan fingerprint density at radius 3 is 2.90 bits per heavy atom. The van der Waals surface area contributed by atoms with Gasteiger partial charge in [-0.25, -0.2) is 15.0 Å². The van der Waals surface area contributed by atoms with E-state index in [1.165, 1.54) is 12.7 Å². The van der Waals surface area contributed by atoms with Gasteiger partial charge in [0.05, 0.1) is 0 Å². The molecule has 3 aromatic rings. The lowest BCUT2D eigenvalue weighted by atomic mass is 9.73. The molecule has 31 heavy (non-hydrogen) atoms. The standard InChI is InChI=1S/C21H25BrN6O2S/c1-21(2)9-24-5-3-12(21)4-6-28-19-17(18(23)25-10-26-19)27-20(28)31-16-8-15-14(7-13(16)22)29-11-30-15/h7-8,10,12,24H,3-6,9,11H2,1-2H3,(H2,23,25,26). The molecule has 0 bridgehead atoms. The van der Waals surface area contributed by atoms with E-state index in [4.69, 9.17) is 20.2 Å². The summed E-state index contributed by atoms with van der Waals surface area (Å²) in [6, 6.07) is 3.91. The van der Waals surface area contributed by atoms with Crippen LogP contribution in [0.5, 0.6) is 11.5 Å². The monoisotopic (exact) mass is 504 g/mol. The van der Waals surface area contributed by atoms with E-state index in [1.54, 1.807) is 11.8 Å². The maximum atomic E-state index is 6.13. The van der Waals surface area contributed by atoms with E-state index in [0.717, 1.165) is 57.7 Å². The Morgan fingerprint density at radius 2 is 2.10 bits per heavy atom. The van der Waals surface area contributed by atoms with Crippen LogP contribution >= 0.6 is 27.7 Å². The molecule has 3 N–H and O–H groups in total. The highest BCUT2D eigenvalue weighted by molar-refractivity contribution is 9.10. The number of imidazole rings is 1. The third kappa shape index (κ3) is 3.96. The fraction of sp³-hybridized carbons (Fsp3) is 0.476. The van der Waals surface area contributed by atoms with Gasteiger partial charge in [-0.1, -0.05) is 25.6 Å². The normalized spacial score (nSPS) is 19.8. The Hall–Kier alpha value is -2.04. The first kappa shape index (κ1) is 20.8. The highest BCUT2D eigenvalue weighted by atomic mass is 79.9. The van der Waals surface area contributed by atoms with Gasteiger partial charge in [0.2, 0.25) is 6.79 Å². The maximum absolute atomic E-state index is 6.13. The number of hydrogen-bond donors (Lipinski definition) is 2. The summed E-state index contributed by atoms with van der Waals surface area (Å²) in [5.74, 6) is 2.51. The lowest BCUT2D eigenvalue weighted by Crippen LogP contribution is -2.43. The second-order valence-electron chi connectivity index (χ2n) is 8.65. The summed E-state index contributed by atoms with van der Waals surface area (Å²) in [5, 5.41) is 4.36. The van der Waals surface area contributed by atoms with Gasteiger partial charge in [-0.05, 0) is 58.8 Å². The summed E-state index contributed by atoms with van der Waals surface area (Å²) >= 11 is 5.22. The number of halogens is 1. The molecule has 0 saturated carbocycles. The molecule has 1 unspecified atom stereocenters. The summed E-state index contributed by atoms with van der Waals surface area (Å²) < 4.78 is 14.1. The summed E-state index contributed by atoms with van der Waals surface area (Å²) in [5.41, 5.74) is 7.81. The van der Waals surface area contributed by atoms with Gasteiger partial charge in [0.25, 0.3) is 0 Å². The number of aromatic nitrogens is 4. The first-order valence-electron chi connectivity index (χ1n) is 10.4.